The summed E-state index contributed by atoms with van der Waals surface area (Å²) in [5, 5.41) is 14.9. The summed E-state index contributed by atoms with van der Waals surface area (Å²) in [6.45, 7) is -0.149. The molecule has 168 valence electrons. The molecule has 2 N–H and O–H groups in total. The van der Waals surface area contributed by atoms with Crippen molar-refractivity contribution in [2.45, 2.75) is 25.6 Å². The zero-order valence-corrected chi connectivity index (χ0v) is 17.2. The van der Waals surface area contributed by atoms with Gasteiger partial charge in [0.25, 0.3) is 5.91 Å². The highest BCUT2D eigenvalue weighted by Gasteiger charge is 2.32. The first kappa shape index (κ1) is 20.9. The highest BCUT2D eigenvalue weighted by molar-refractivity contribution is 6.08. The number of anilines is 1. The molecule has 2 heterocycles. The van der Waals surface area contributed by atoms with E-state index in [-0.39, 0.29) is 35.4 Å². The van der Waals surface area contributed by atoms with Crippen LogP contribution in [-0.4, -0.2) is 26.4 Å². The fourth-order valence-electron chi connectivity index (χ4n) is 3.59. The number of fused-ring (bicyclic) bond motifs is 2. The zero-order valence-electron chi connectivity index (χ0n) is 17.2. The van der Waals surface area contributed by atoms with E-state index in [0.717, 1.165) is 35.9 Å². The maximum Gasteiger partial charge on any atom is 0.417 e. The number of hydrogen-bond donors (Lipinski definition) is 2. The minimum Gasteiger partial charge on any atom is -0.345 e. The Morgan fingerprint density at radius 2 is 1.76 bits per heavy atom. The number of pyridine rings is 1. The quantitative estimate of drug-likeness (QED) is 0.475. The van der Waals surface area contributed by atoms with Crippen molar-refractivity contribution < 1.29 is 22.8 Å². The minimum atomic E-state index is -4.52. The molecule has 0 radical (unpaired) electrons. The van der Waals surface area contributed by atoms with Crippen molar-refractivity contribution in [2.75, 3.05) is 5.32 Å². The Kier molecular flexibility index (Phi) is 4.99. The minimum absolute atomic E-state index is 0.0439. The van der Waals surface area contributed by atoms with Gasteiger partial charge in [-0.3, -0.25) is 14.0 Å². The third-order valence-corrected chi connectivity index (χ3v) is 5.54. The lowest BCUT2D eigenvalue weighted by Gasteiger charge is -2.13. The second-order valence-corrected chi connectivity index (χ2v) is 7.95. The number of halogens is 3. The van der Waals surface area contributed by atoms with Crippen molar-refractivity contribution in [3.8, 4) is 0 Å². The lowest BCUT2D eigenvalue weighted by Crippen LogP contribution is -2.26. The fraction of sp³-hybridized carbons (Fsp3) is 0.217. The van der Waals surface area contributed by atoms with Gasteiger partial charge in [-0.1, -0.05) is 24.3 Å². The standard InChI is InChI=1S/C23H18F3N5O2/c24-23(25,26)16-7-8-19-29-30-20(31(19)12-16)11-27-22(33)17-9-14-3-1-2-4-15(14)10-18(17)28-21(32)13-5-6-13/h1-4,7-10,12-13H,5-6,11H2,(H,27,33)(H,28,32). The molecule has 4 aromatic rings. The highest BCUT2D eigenvalue weighted by Crippen LogP contribution is 2.32. The summed E-state index contributed by atoms with van der Waals surface area (Å²) >= 11 is 0. The first-order valence-electron chi connectivity index (χ1n) is 10.3. The van der Waals surface area contributed by atoms with Gasteiger partial charge in [0.2, 0.25) is 5.91 Å². The molecule has 2 aromatic carbocycles. The van der Waals surface area contributed by atoms with E-state index >= 15 is 0 Å². The molecule has 0 aliphatic heterocycles. The van der Waals surface area contributed by atoms with Crippen molar-refractivity contribution in [3.05, 3.63) is 71.7 Å². The van der Waals surface area contributed by atoms with Crippen molar-refractivity contribution in [1.82, 2.24) is 19.9 Å². The van der Waals surface area contributed by atoms with Gasteiger partial charge in [0.05, 0.1) is 23.4 Å². The average Bonchev–Trinajstić information content (AvgIpc) is 3.57. The molecular weight excluding hydrogens is 435 g/mol. The molecule has 33 heavy (non-hydrogen) atoms. The van der Waals surface area contributed by atoms with Gasteiger partial charge in [-0.15, -0.1) is 10.2 Å². The third kappa shape index (κ3) is 4.23. The predicted molar refractivity (Wildman–Crippen MR) is 114 cm³/mol. The number of aromatic nitrogens is 3. The number of benzene rings is 2. The predicted octanol–water partition coefficient (Wildman–Crippen LogP) is 4.18. The summed E-state index contributed by atoms with van der Waals surface area (Å²) in [5.74, 6) is -0.524. The Morgan fingerprint density at radius 1 is 1.03 bits per heavy atom. The van der Waals surface area contributed by atoms with Gasteiger partial charge in [-0.2, -0.15) is 13.2 Å². The molecule has 1 fully saturated rings. The first-order chi connectivity index (χ1) is 15.8. The van der Waals surface area contributed by atoms with E-state index in [0.29, 0.717) is 5.69 Å². The summed E-state index contributed by atoms with van der Waals surface area (Å²) < 4.78 is 40.4. The largest absolute Gasteiger partial charge is 0.417 e. The van der Waals surface area contributed by atoms with Gasteiger partial charge in [-0.05, 0) is 47.9 Å². The van der Waals surface area contributed by atoms with E-state index in [9.17, 15) is 22.8 Å². The lowest BCUT2D eigenvalue weighted by atomic mass is 10.0. The number of amides is 2. The number of carbonyl (C=O) groups is 2. The maximum absolute atomic E-state index is 13.1. The van der Waals surface area contributed by atoms with Gasteiger partial charge in [0.15, 0.2) is 11.5 Å². The summed E-state index contributed by atoms with van der Waals surface area (Å²) in [5.41, 5.74) is 0.0263. The molecule has 0 bridgehead atoms. The molecule has 5 rings (SSSR count). The van der Waals surface area contributed by atoms with E-state index in [1.807, 2.05) is 24.3 Å². The molecule has 0 saturated heterocycles. The molecule has 1 aliphatic rings. The fourth-order valence-corrected chi connectivity index (χ4v) is 3.59. The normalized spacial score (nSPS) is 13.9. The number of rotatable bonds is 5. The Balaban J connectivity index is 1.42. The number of carbonyl (C=O) groups excluding carboxylic acids is 2. The van der Waals surface area contributed by atoms with Crippen LogP contribution in [0, 0.1) is 5.92 Å². The van der Waals surface area contributed by atoms with Crippen LogP contribution in [0.1, 0.15) is 34.6 Å². The topological polar surface area (TPSA) is 88.4 Å². The molecule has 2 aromatic heterocycles. The van der Waals surface area contributed by atoms with Crippen LogP contribution >= 0.6 is 0 Å². The van der Waals surface area contributed by atoms with Crippen LogP contribution < -0.4 is 10.6 Å². The number of hydrogen-bond acceptors (Lipinski definition) is 4. The molecule has 0 spiro atoms. The second-order valence-electron chi connectivity index (χ2n) is 7.95. The zero-order chi connectivity index (χ0) is 23.2. The summed E-state index contributed by atoms with van der Waals surface area (Å²) in [7, 11) is 0. The molecule has 1 saturated carbocycles. The van der Waals surface area contributed by atoms with Crippen LogP contribution in [0.15, 0.2) is 54.7 Å². The lowest BCUT2D eigenvalue weighted by molar-refractivity contribution is -0.137. The van der Waals surface area contributed by atoms with Gasteiger partial charge in [0.1, 0.15) is 0 Å². The molecule has 2 amide bonds. The average molecular weight is 453 g/mol. The van der Waals surface area contributed by atoms with Crippen molar-refractivity contribution in [3.63, 3.8) is 0 Å². The smallest absolute Gasteiger partial charge is 0.345 e. The van der Waals surface area contributed by atoms with E-state index in [1.165, 1.54) is 10.5 Å². The van der Waals surface area contributed by atoms with Crippen LogP contribution in [0.5, 0.6) is 0 Å². The first-order valence-corrected chi connectivity index (χ1v) is 10.3. The molecule has 0 atom stereocenters. The van der Waals surface area contributed by atoms with Crippen LogP contribution in [0.2, 0.25) is 0 Å². The Morgan fingerprint density at radius 3 is 2.45 bits per heavy atom. The summed E-state index contributed by atoms with van der Waals surface area (Å²) in [6.07, 6.45) is -1.98. The van der Waals surface area contributed by atoms with Gasteiger partial charge >= 0.3 is 6.18 Å². The number of nitrogens with one attached hydrogen (secondary N) is 2. The Labute approximate surface area is 185 Å². The van der Waals surface area contributed by atoms with E-state index < -0.39 is 17.6 Å². The number of alkyl halides is 3. The van der Waals surface area contributed by atoms with Crippen LogP contribution in [0.4, 0.5) is 18.9 Å². The van der Waals surface area contributed by atoms with E-state index in [1.54, 1.807) is 12.1 Å². The molecule has 1 aliphatic carbocycles. The Hall–Kier alpha value is -3.95. The van der Waals surface area contributed by atoms with Crippen LogP contribution in [-0.2, 0) is 17.5 Å². The van der Waals surface area contributed by atoms with Crippen LogP contribution in [0.25, 0.3) is 16.4 Å². The molecular formula is C23H18F3N5O2. The summed E-state index contributed by atoms with van der Waals surface area (Å²) in [6, 6.07) is 13.0. The molecule has 10 heteroatoms. The van der Waals surface area contributed by atoms with Gasteiger partial charge in [-0.25, -0.2) is 0 Å². The highest BCUT2D eigenvalue weighted by atomic mass is 19.4. The van der Waals surface area contributed by atoms with Gasteiger partial charge in [0, 0.05) is 12.1 Å². The SMILES string of the molecule is O=C(NCc1nnc2ccc(C(F)(F)F)cn12)c1cc2ccccc2cc1NC(=O)C1CC1. The second kappa shape index (κ2) is 7.88. The number of nitrogens with zero attached hydrogens (tertiary/aromatic N) is 3. The van der Waals surface area contributed by atoms with Crippen molar-refractivity contribution in [1.29, 1.82) is 0 Å². The summed E-state index contributed by atoms with van der Waals surface area (Å²) in [4.78, 5) is 25.4. The van der Waals surface area contributed by atoms with Crippen molar-refractivity contribution >= 4 is 33.9 Å². The van der Waals surface area contributed by atoms with Crippen LogP contribution in [0.3, 0.4) is 0 Å². The Bertz CT molecular complexity index is 1390. The monoisotopic (exact) mass is 453 g/mol. The van der Waals surface area contributed by atoms with E-state index in [2.05, 4.69) is 20.8 Å². The van der Waals surface area contributed by atoms with Gasteiger partial charge < -0.3 is 10.6 Å². The van der Waals surface area contributed by atoms with Crippen molar-refractivity contribution in [2.24, 2.45) is 5.92 Å². The van der Waals surface area contributed by atoms with E-state index in [4.69, 9.17) is 0 Å². The molecule has 7 nitrogen and oxygen atoms in total. The third-order valence-electron chi connectivity index (χ3n) is 5.54. The maximum atomic E-state index is 13.1. The molecule has 0 unspecified atom stereocenters.